The van der Waals surface area contributed by atoms with Crippen LogP contribution in [-0.4, -0.2) is 44.2 Å². The van der Waals surface area contributed by atoms with Gasteiger partial charge >= 0.3 is 0 Å². The minimum absolute atomic E-state index is 0.275. The summed E-state index contributed by atoms with van der Waals surface area (Å²) in [7, 11) is -3.30. The minimum Gasteiger partial charge on any atom is -0.298 e. The number of fused-ring (bicyclic) bond motifs is 2. The number of aromatic nitrogens is 3. The minimum atomic E-state index is -3.30. The molecule has 0 saturated heterocycles. The van der Waals surface area contributed by atoms with Crippen molar-refractivity contribution in [3.8, 4) is 0 Å². The standard InChI is InChI=1S/C16H17N5O3S3/c1-9(2)27(23,24)21-6-5-12-14(8-21)25-16(17-12)18-15(22)10-3-4-11-13(7-10)20-26-19-11/h3-4,7,9H,5-6,8H2,1-2H3,(H,17,18,22). The molecule has 1 amide bonds. The van der Waals surface area contributed by atoms with Crippen LogP contribution < -0.4 is 5.32 Å². The molecule has 3 heterocycles. The zero-order valence-electron chi connectivity index (χ0n) is 14.7. The van der Waals surface area contributed by atoms with Crippen molar-refractivity contribution in [1.29, 1.82) is 0 Å². The molecule has 0 spiro atoms. The summed E-state index contributed by atoms with van der Waals surface area (Å²) in [5, 5.41) is 2.82. The van der Waals surface area contributed by atoms with Crippen molar-refractivity contribution in [3.63, 3.8) is 0 Å². The molecule has 0 aliphatic carbocycles. The van der Waals surface area contributed by atoms with Crippen molar-refractivity contribution >= 4 is 55.2 Å². The molecule has 11 heteroatoms. The Morgan fingerprint density at radius 3 is 2.81 bits per heavy atom. The van der Waals surface area contributed by atoms with Crippen LogP contribution in [0.4, 0.5) is 5.13 Å². The van der Waals surface area contributed by atoms with Crippen LogP contribution in [0.5, 0.6) is 0 Å². The van der Waals surface area contributed by atoms with Crippen molar-refractivity contribution in [2.45, 2.75) is 32.1 Å². The summed E-state index contributed by atoms with van der Waals surface area (Å²) >= 11 is 2.42. The summed E-state index contributed by atoms with van der Waals surface area (Å²) < 4.78 is 34.5. The Morgan fingerprint density at radius 2 is 2.04 bits per heavy atom. The van der Waals surface area contributed by atoms with E-state index < -0.39 is 15.3 Å². The van der Waals surface area contributed by atoms with E-state index in [2.05, 4.69) is 19.0 Å². The Morgan fingerprint density at radius 1 is 1.26 bits per heavy atom. The Kier molecular flexibility index (Phi) is 4.70. The molecule has 1 aromatic carbocycles. The number of hydrogen-bond donors (Lipinski definition) is 1. The molecule has 0 radical (unpaired) electrons. The maximum Gasteiger partial charge on any atom is 0.257 e. The van der Waals surface area contributed by atoms with E-state index in [1.807, 2.05) is 0 Å². The highest BCUT2D eigenvalue weighted by molar-refractivity contribution is 7.89. The Balaban J connectivity index is 1.52. The number of benzene rings is 1. The third kappa shape index (κ3) is 3.47. The van der Waals surface area contributed by atoms with Gasteiger partial charge in [-0.2, -0.15) is 13.1 Å². The maximum absolute atomic E-state index is 12.5. The van der Waals surface area contributed by atoms with Crippen molar-refractivity contribution in [2.75, 3.05) is 11.9 Å². The van der Waals surface area contributed by atoms with Crippen LogP contribution in [-0.2, 0) is 23.0 Å². The fourth-order valence-electron chi connectivity index (χ4n) is 2.83. The first-order chi connectivity index (χ1) is 12.8. The summed E-state index contributed by atoms with van der Waals surface area (Å²) in [4.78, 5) is 17.9. The summed E-state index contributed by atoms with van der Waals surface area (Å²) in [5.74, 6) is -0.275. The number of nitrogens with one attached hydrogen (secondary N) is 1. The van der Waals surface area contributed by atoms with Gasteiger partial charge in [-0.3, -0.25) is 10.1 Å². The molecule has 2 aromatic heterocycles. The molecule has 1 aliphatic rings. The molecular formula is C16H17N5O3S3. The number of rotatable bonds is 4. The summed E-state index contributed by atoms with van der Waals surface area (Å²) in [6, 6.07) is 5.15. The zero-order valence-corrected chi connectivity index (χ0v) is 17.1. The molecule has 142 valence electrons. The molecule has 4 rings (SSSR count). The van der Waals surface area contributed by atoms with Gasteiger partial charge in [0.05, 0.1) is 22.7 Å². The van der Waals surface area contributed by atoms with Crippen LogP contribution in [0.15, 0.2) is 18.2 Å². The Hall–Kier alpha value is -1.95. The van der Waals surface area contributed by atoms with Crippen molar-refractivity contribution in [1.82, 2.24) is 18.0 Å². The number of nitrogens with zero attached hydrogens (tertiary/aromatic N) is 4. The smallest absolute Gasteiger partial charge is 0.257 e. The highest BCUT2D eigenvalue weighted by atomic mass is 32.2. The summed E-state index contributed by atoms with van der Waals surface area (Å²) in [6.07, 6.45) is 0.546. The Bertz CT molecular complexity index is 1120. The number of sulfonamides is 1. The largest absolute Gasteiger partial charge is 0.298 e. The van der Waals surface area contributed by atoms with Crippen molar-refractivity contribution < 1.29 is 13.2 Å². The fourth-order valence-corrected chi connectivity index (χ4v) is 5.70. The molecule has 0 unspecified atom stereocenters. The van der Waals surface area contributed by atoms with Gasteiger partial charge in [0.2, 0.25) is 10.0 Å². The van der Waals surface area contributed by atoms with E-state index in [1.165, 1.54) is 15.6 Å². The maximum atomic E-state index is 12.5. The molecule has 1 aliphatic heterocycles. The monoisotopic (exact) mass is 423 g/mol. The lowest BCUT2D eigenvalue weighted by atomic mass is 10.2. The number of thiazole rings is 1. The van der Waals surface area contributed by atoms with Crippen LogP contribution >= 0.6 is 23.1 Å². The molecule has 8 nitrogen and oxygen atoms in total. The molecule has 27 heavy (non-hydrogen) atoms. The summed E-state index contributed by atoms with van der Waals surface area (Å²) in [5.41, 5.74) is 2.77. The third-order valence-electron chi connectivity index (χ3n) is 4.39. The molecule has 1 N–H and O–H groups in total. The van der Waals surface area contributed by atoms with Gasteiger partial charge in [0.1, 0.15) is 11.0 Å². The number of anilines is 1. The number of carbonyl (C=O) groups is 1. The molecule has 3 aromatic rings. The van der Waals surface area contributed by atoms with Gasteiger partial charge in [0, 0.05) is 30.0 Å². The number of amides is 1. The van der Waals surface area contributed by atoms with Gasteiger partial charge in [-0.05, 0) is 32.0 Å². The third-order valence-corrected chi connectivity index (χ3v) is 8.17. The van der Waals surface area contributed by atoms with E-state index >= 15 is 0 Å². The van der Waals surface area contributed by atoms with E-state index in [-0.39, 0.29) is 5.91 Å². The van der Waals surface area contributed by atoms with E-state index in [1.54, 1.807) is 32.0 Å². The van der Waals surface area contributed by atoms with Crippen LogP contribution in [0.1, 0.15) is 34.8 Å². The highest BCUT2D eigenvalue weighted by Crippen LogP contribution is 2.30. The van der Waals surface area contributed by atoms with Gasteiger partial charge in [0.15, 0.2) is 5.13 Å². The number of carbonyl (C=O) groups excluding carboxylic acids is 1. The predicted molar refractivity (Wildman–Crippen MR) is 106 cm³/mol. The summed E-state index contributed by atoms with van der Waals surface area (Å²) in [6.45, 7) is 4.08. The van der Waals surface area contributed by atoms with E-state index in [0.717, 1.165) is 27.8 Å². The average Bonchev–Trinajstić information content (AvgIpc) is 3.25. The topological polar surface area (TPSA) is 105 Å². The number of hydrogen-bond acceptors (Lipinski definition) is 8. The van der Waals surface area contributed by atoms with E-state index in [4.69, 9.17) is 0 Å². The first kappa shape index (κ1) is 18.4. The zero-order chi connectivity index (χ0) is 19.2. The average molecular weight is 424 g/mol. The van der Waals surface area contributed by atoms with Gasteiger partial charge in [0.25, 0.3) is 5.91 Å². The second kappa shape index (κ2) is 6.89. The van der Waals surface area contributed by atoms with Crippen molar-refractivity contribution in [3.05, 3.63) is 34.3 Å². The van der Waals surface area contributed by atoms with Gasteiger partial charge in [-0.15, -0.1) is 11.3 Å². The first-order valence-corrected chi connectivity index (χ1v) is 11.4. The Labute approximate surface area is 164 Å². The van der Waals surface area contributed by atoms with Crippen LogP contribution in [0.3, 0.4) is 0 Å². The lowest BCUT2D eigenvalue weighted by Crippen LogP contribution is -2.39. The lowest BCUT2D eigenvalue weighted by molar-refractivity contribution is 0.102. The van der Waals surface area contributed by atoms with Crippen molar-refractivity contribution in [2.24, 2.45) is 0 Å². The first-order valence-electron chi connectivity index (χ1n) is 8.36. The fraction of sp³-hybridized carbons (Fsp3) is 0.375. The quantitative estimate of drug-likeness (QED) is 0.691. The SMILES string of the molecule is CC(C)S(=O)(=O)N1CCc2nc(NC(=O)c3ccc4nsnc4c3)sc2C1. The molecular weight excluding hydrogens is 406 g/mol. The van der Waals surface area contributed by atoms with Gasteiger partial charge < -0.3 is 0 Å². The molecule has 0 saturated carbocycles. The highest BCUT2D eigenvalue weighted by Gasteiger charge is 2.31. The molecule has 0 atom stereocenters. The van der Waals surface area contributed by atoms with Gasteiger partial charge in [-0.1, -0.05) is 0 Å². The van der Waals surface area contributed by atoms with Crippen LogP contribution in [0.25, 0.3) is 11.0 Å². The van der Waals surface area contributed by atoms with E-state index in [9.17, 15) is 13.2 Å². The predicted octanol–water partition coefficient (Wildman–Crippen LogP) is 2.50. The lowest BCUT2D eigenvalue weighted by Gasteiger charge is -2.26. The van der Waals surface area contributed by atoms with E-state index in [0.29, 0.717) is 35.7 Å². The van der Waals surface area contributed by atoms with Crippen LogP contribution in [0, 0.1) is 0 Å². The second-order valence-electron chi connectivity index (χ2n) is 6.49. The van der Waals surface area contributed by atoms with Gasteiger partial charge in [-0.25, -0.2) is 13.4 Å². The molecule has 0 bridgehead atoms. The second-order valence-corrected chi connectivity index (χ2v) is 10.6. The van der Waals surface area contributed by atoms with Crippen LogP contribution in [0.2, 0.25) is 0 Å². The molecule has 0 fully saturated rings. The normalized spacial score (nSPS) is 15.2.